The van der Waals surface area contributed by atoms with Crippen molar-refractivity contribution in [1.82, 2.24) is 15.3 Å². The van der Waals surface area contributed by atoms with Gasteiger partial charge in [-0.2, -0.15) is 0 Å². The van der Waals surface area contributed by atoms with E-state index in [9.17, 15) is 0 Å². The van der Waals surface area contributed by atoms with Crippen LogP contribution in [-0.4, -0.2) is 15.5 Å². The molecule has 1 aromatic heterocycles. The van der Waals surface area contributed by atoms with Gasteiger partial charge in [0.15, 0.2) is 0 Å². The van der Waals surface area contributed by atoms with E-state index < -0.39 is 0 Å². The molecular formula is C13H21N3. The molecule has 0 saturated heterocycles. The SMILES string of the molecule is CC1CC1c1ncc(CNC(C)(C)C)cn1. The summed E-state index contributed by atoms with van der Waals surface area (Å²) in [6.07, 6.45) is 5.15. The second-order valence-electron chi connectivity index (χ2n) is 5.87. The van der Waals surface area contributed by atoms with Gasteiger partial charge in [0.1, 0.15) is 5.82 Å². The van der Waals surface area contributed by atoms with Gasteiger partial charge < -0.3 is 5.32 Å². The van der Waals surface area contributed by atoms with Gasteiger partial charge >= 0.3 is 0 Å². The Morgan fingerprint density at radius 1 is 1.31 bits per heavy atom. The molecule has 3 nitrogen and oxygen atoms in total. The molecule has 2 unspecified atom stereocenters. The summed E-state index contributed by atoms with van der Waals surface area (Å²) in [7, 11) is 0. The normalized spacial score (nSPS) is 24.5. The van der Waals surface area contributed by atoms with Crippen LogP contribution in [0, 0.1) is 5.92 Å². The third-order valence-corrected chi connectivity index (χ3v) is 2.99. The number of aromatic nitrogens is 2. The van der Waals surface area contributed by atoms with Gasteiger partial charge in [-0.1, -0.05) is 6.92 Å². The first-order chi connectivity index (χ1) is 7.46. The van der Waals surface area contributed by atoms with Crippen LogP contribution in [0.4, 0.5) is 0 Å². The molecule has 2 rings (SSSR count). The van der Waals surface area contributed by atoms with Crippen LogP contribution in [0.5, 0.6) is 0 Å². The molecule has 0 aliphatic heterocycles. The summed E-state index contributed by atoms with van der Waals surface area (Å²) < 4.78 is 0. The summed E-state index contributed by atoms with van der Waals surface area (Å²) in [5, 5.41) is 3.43. The maximum Gasteiger partial charge on any atom is 0.131 e. The Hall–Kier alpha value is -0.960. The molecule has 1 aromatic rings. The summed E-state index contributed by atoms with van der Waals surface area (Å²) in [6, 6.07) is 0. The third-order valence-electron chi connectivity index (χ3n) is 2.99. The Balaban J connectivity index is 1.92. The Morgan fingerprint density at radius 2 is 1.88 bits per heavy atom. The smallest absolute Gasteiger partial charge is 0.131 e. The molecule has 0 spiro atoms. The quantitative estimate of drug-likeness (QED) is 0.848. The van der Waals surface area contributed by atoms with Crippen LogP contribution in [0.3, 0.4) is 0 Å². The summed E-state index contributed by atoms with van der Waals surface area (Å²) in [4.78, 5) is 8.88. The number of rotatable bonds is 3. The molecule has 0 radical (unpaired) electrons. The van der Waals surface area contributed by atoms with Gasteiger partial charge in [0.25, 0.3) is 0 Å². The number of nitrogens with zero attached hydrogens (tertiary/aromatic N) is 2. The van der Waals surface area contributed by atoms with E-state index in [1.54, 1.807) is 0 Å². The lowest BCUT2D eigenvalue weighted by Crippen LogP contribution is -2.35. The van der Waals surface area contributed by atoms with E-state index in [0.29, 0.717) is 5.92 Å². The molecule has 1 aliphatic rings. The molecule has 1 N–H and O–H groups in total. The van der Waals surface area contributed by atoms with Gasteiger partial charge in [0, 0.05) is 36.0 Å². The van der Waals surface area contributed by atoms with Crippen LogP contribution >= 0.6 is 0 Å². The van der Waals surface area contributed by atoms with E-state index in [4.69, 9.17) is 0 Å². The van der Waals surface area contributed by atoms with Crippen LogP contribution in [0.1, 0.15) is 51.4 Å². The molecule has 0 amide bonds. The highest BCUT2D eigenvalue weighted by Gasteiger charge is 2.36. The summed E-state index contributed by atoms with van der Waals surface area (Å²) in [5.41, 5.74) is 1.30. The topological polar surface area (TPSA) is 37.8 Å². The summed E-state index contributed by atoms with van der Waals surface area (Å²) in [5.74, 6) is 2.41. The van der Waals surface area contributed by atoms with E-state index in [1.165, 1.54) is 6.42 Å². The number of hydrogen-bond donors (Lipinski definition) is 1. The van der Waals surface area contributed by atoms with Crippen LogP contribution in [0.25, 0.3) is 0 Å². The minimum absolute atomic E-state index is 0.143. The van der Waals surface area contributed by atoms with Crippen LogP contribution in [0.2, 0.25) is 0 Å². The van der Waals surface area contributed by atoms with Crippen LogP contribution in [-0.2, 0) is 6.54 Å². The van der Waals surface area contributed by atoms with Crippen molar-refractivity contribution in [3.63, 3.8) is 0 Å². The standard InChI is InChI=1S/C13H21N3/c1-9-5-11(9)12-14-6-10(7-15-12)8-16-13(2,3)4/h6-7,9,11,16H,5,8H2,1-4H3. The fraction of sp³-hybridized carbons (Fsp3) is 0.692. The molecule has 1 saturated carbocycles. The second-order valence-corrected chi connectivity index (χ2v) is 5.87. The van der Waals surface area contributed by atoms with Gasteiger partial charge in [-0.15, -0.1) is 0 Å². The monoisotopic (exact) mass is 219 g/mol. The van der Waals surface area contributed by atoms with Crippen molar-refractivity contribution < 1.29 is 0 Å². The first-order valence-electron chi connectivity index (χ1n) is 6.01. The molecule has 0 bridgehead atoms. The van der Waals surface area contributed by atoms with Crippen molar-refractivity contribution >= 4 is 0 Å². The molecule has 2 atom stereocenters. The fourth-order valence-corrected chi connectivity index (χ4v) is 1.70. The fourth-order valence-electron chi connectivity index (χ4n) is 1.70. The lowest BCUT2D eigenvalue weighted by molar-refractivity contribution is 0.423. The van der Waals surface area contributed by atoms with Gasteiger partial charge in [-0.05, 0) is 33.1 Å². The number of nitrogens with one attached hydrogen (secondary N) is 1. The highest BCUT2D eigenvalue weighted by Crippen LogP contribution is 2.45. The van der Waals surface area contributed by atoms with Gasteiger partial charge in [0.05, 0.1) is 0 Å². The van der Waals surface area contributed by atoms with E-state index in [0.717, 1.165) is 23.9 Å². The molecule has 1 fully saturated rings. The summed E-state index contributed by atoms with van der Waals surface area (Å²) >= 11 is 0. The Kier molecular flexibility index (Phi) is 2.98. The van der Waals surface area contributed by atoms with E-state index in [-0.39, 0.29) is 5.54 Å². The predicted molar refractivity (Wildman–Crippen MR) is 65.1 cm³/mol. The molecule has 1 heterocycles. The van der Waals surface area contributed by atoms with Crippen LogP contribution in [0.15, 0.2) is 12.4 Å². The van der Waals surface area contributed by atoms with E-state index in [2.05, 4.69) is 43.0 Å². The average molecular weight is 219 g/mol. The van der Waals surface area contributed by atoms with Gasteiger partial charge in [-0.25, -0.2) is 9.97 Å². The molecule has 0 aromatic carbocycles. The lowest BCUT2D eigenvalue weighted by Gasteiger charge is -2.20. The van der Waals surface area contributed by atoms with Gasteiger partial charge in [-0.3, -0.25) is 0 Å². The van der Waals surface area contributed by atoms with E-state index in [1.807, 2.05) is 12.4 Å². The van der Waals surface area contributed by atoms with Crippen molar-refractivity contribution in [3.8, 4) is 0 Å². The maximum atomic E-state index is 4.44. The zero-order chi connectivity index (χ0) is 11.8. The van der Waals surface area contributed by atoms with Crippen molar-refractivity contribution in [2.75, 3.05) is 0 Å². The Labute approximate surface area is 97.7 Å². The molecule has 88 valence electrons. The Morgan fingerprint density at radius 3 is 2.31 bits per heavy atom. The third kappa shape index (κ3) is 3.01. The molecular weight excluding hydrogens is 198 g/mol. The average Bonchev–Trinajstić information content (AvgIpc) is 2.92. The maximum absolute atomic E-state index is 4.44. The summed E-state index contributed by atoms with van der Waals surface area (Å²) in [6.45, 7) is 9.57. The highest BCUT2D eigenvalue weighted by molar-refractivity contribution is 5.12. The molecule has 1 aliphatic carbocycles. The minimum atomic E-state index is 0.143. The Bertz CT molecular complexity index is 350. The van der Waals surface area contributed by atoms with Crippen molar-refractivity contribution in [2.24, 2.45) is 5.92 Å². The zero-order valence-electron chi connectivity index (χ0n) is 10.6. The largest absolute Gasteiger partial charge is 0.308 e. The van der Waals surface area contributed by atoms with Gasteiger partial charge in [0.2, 0.25) is 0 Å². The number of hydrogen-bond acceptors (Lipinski definition) is 3. The van der Waals surface area contributed by atoms with Crippen molar-refractivity contribution in [3.05, 3.63) is 23.8 Å². The first-order valence-corrected chi connectivity index (χ1v) is 6.01. The van der Waals surface area contributed by atoms with E-state index >= 15 is 0 Å². The molecule has 16 heavy (non-hydrogen) atoms. The molecule has 3 heteroatoms. The predicted octanol–water partition coefficient (Wildman–Crippen LogP) is 2.49. The highest BCUT2D eigenvalue weighted by atomic mass is 15.0. The lowest BCUT2D eigenvalue weighted by atomic mass is 10.1. The first kappa shape index (κ1) is 11.5. The van der Waals surface area contributed by atoms with Crippen molar-refractivity contribution in [2.45, 2.75) is 52.1 Å². The second kappa shape index (κ2) is 4.13. The zero-order valence-corrected chi connectivity index (χ0v) is 10.6. The minimum Gasteiger partial charge on any atom is -0.308 e. The van der Waals surface area contributed by atoms with Crippen molar-refractivity contribution in [1.29, 1.82) is 0 Å². The van der Waals surface area contributed by atoms with Crippen LogP contribution < -0.4 is 5.32 Å².